The highest BCUT2D eigenvalue weighted by molar-refractivity contribution is 7.83. The lowest BCUT2D eigenvalue weighted by Gasteiger charge is -2.07. The smallest absolute Gasteiger partial charge is 0.227 e. The van der Waals surface area contributed by atoms with Crippen molar-refractivity contribution >= 4 is 36.2 Å². The lowest BCUT2D eigenvalue weighted by Crippen LogP contribution is -1.99. The second-order valence-corrected chi connectivity index (χ2v) is 4.42. The number of aliphatic imine (C=N–C) groups is 1. The molecular formula is C15H16N4S. The monoisotopic (exact) mass is 284 g/mol. The number of benzene rings is 1. The molecule has 0 radical (unpaired) electrons. The van der Waals surface area contributed by atoms with Crippen molar-refractivity contribution in [2.24, 2.45) is 4.99 Å². The van der Waals surface area contributed by atoms with Crippen molar-refractivity contribution in [2.75, 3.05) is 5.32 Å². The number of nitrogens with one attached hydrogen (secondary N) is 1. The molecule has 1 aromatic carbocycles. The van der Waals surface area contributed by atoms with Gasteiger partial charge in [0, 0.05) is 18.1 Å². The largest absolute Gasteiger partial charge is 0.324 e. The number of anilines is 2. The van der Waals surface area contributed by atoms with Crippen LogP contribution in [-0.2, 0) is 0 Å². The van der Waals surface area contributed by atoms with E-state index in [-0.39, 0.29) is 0 Å². The Labute approximate surface area is 124 Å². The van der Waals surface area contributed by atoms with Gasteiger partial charge in [0.2, 0.25) is 5.95 Å². The van der Waals surface area contributed by atoms with Crippen molar-refractivity contribution in [1.82, 2.24) is 9.97 Å². The predicted molar refractivity (Wildman–Crippen MR) is 87.6 cm³/mol. The Hall–Kier alpha value is -2.14. The van der Waals surface area contributed by atoms with E-state index in [1.165, 1.54) is 5.56 Å². The summed E-state index contributed by atoms with van der Waals surface area (Å²) in [4.78, 5) is 12.9. The Morgan fingerprint density at radius 2 is 2.20 bits per heavy atom. The molecule has 0 bridgehead atoms. The molecule has 2 rings (SSSR count). The van der Waals surface area contributed by atoms with Crippen LogP contribution in [0.2, 0.25) is 0 Å². The molecule has 0 fully saturated rings. The van der Waals surface area contributed by atoms with Crippen LogP contribution in [-0.4, -0.2) is 16.2 Å². The van der Waals surface area contributed by atoms with Gasteiger partial charge in [-0.25, -0.2) is 9.97 Å². The highest BCUT2D eigenvalue weighted by atomic mass is 32.1. The van der Waals surface area contributed by atoms with Crippen LogP contribution >= 0.6 is 12.6 Å². The van der Waals surface area contributed by atoms with Gasteiger partial charge in [0.15, 0.2) is 0 Å². The maximum absolute atomic E-state index is 4.43. The standard InChI is InChI=1S/C15H16N4S/c1-3-16-14(10-20)13-7-8-17-15(19-13)18-12-6-4-5-11(2)9-12/h3-10,20H,1-2H3,(H,17,18,19)/b14-10-,16-3?. The molecule has 1 N–H and O–H groups in total. The van der Waals surface area contributed by atoms with Crippen molar-refractivity contribution in [1.29, 1.82) is 0 Å². The normalized spacial score (nSPS) is 11.8. The zero-order chi connectivity index (χ0) is 14.4. The molecule has 0 aliphatic heterocycles. The number of aromatic nitrogens is 2. The van der Waals surface area contributed by atoms with Crippen molar-refractivity contribution in [3.05, 3.63) is 53.2 Å². The first-order chi connectivity index (χ1) is 9.72. The van der Waals surface area contributed by atoms with E-state index in [0.717, 1.165) is 11.4 Å². The Morgan fingerprint density at radius 3 is 2.90 bits per heavy atom. The van der Waals surface area contributed by atoms with Gasteiger partial charge in [-0.1, -0.05) is 12.1 Å². The molecule has 0 spiro atoms. The van der Waals surface area contributed by atoms with E-state index < -0.39 is 0 Å². The minimum absolute atomic E-state index is 0.534. The molecule has 0 saturated heterocycles. The number of aryl methyl sites for hydroxylation is 1. The highest BCUT2D eigenvalue weighted by Gasteiger charge is 2.03. The summed E-state index contributed by atoms with van der Waals surface area (Å²) in [6.45, 7) is 3.89. The van der Waals surface area contributed by atoms with Crippen molar-refractivity contribution in [3.8, 4) is 0 Å². The summed E-state index contributed by atoms with van der Waals surface area (Å²) in [7, 11) is 0. The van der Waals surface area contributed by atoms with E-state index in [9.17, 15) is 0 Å². The van der Waals surface area contributed by atoms with Crippen LogP contribution in [0.1, 0.15) is 18.2 Å². The van der Waals surface area contributed by atoms with Crippen LogP contribution in [0, 0.1) is 6.92 Å². The van der Waals surface area contributed by atoms with Crippen LogP contribution in [0.5, 0.6) is 0 Å². The third kappa shape index (κ3) is 3.68. The molecule has 0 unspecified atom stereocenters. The number of rotatable bonds is 4. The average molecular weight is 284 g/mol. The van der Waals surface area contributed by atoms with Gasteiger partial charge in [-0.2, -0.15) is 0 Å². The first-order valence-corrected chi connectivity index (χ1v) is 6.74. The van der Waals surface area contributed by atoms with E-state index in [1.54, 1.807) is 23.9 Å². The second-order valence-electron chi connectivity index (χ2n) is 4.16. The number of nitrogens with zero attached hydrogens (tertiary/aromatic N) is 3. The Morgan fingerprint density at radius 1 is 1.35 bits per heavy atom. The summed E-state index contributed by atoms with van der Waals surface area (Å²) in [5, 5.41) is 4.80. The van der Waals surface area contributed by atoms with Crippen LogP contribution in [0.25, 0.3) is 5.70 Å². The van der Waals surface area contributed by atoms with E-state index in [4.69, 9.17) is 0 Å². The first-order valence-electron chi connectivity index (χ1n) is 6.23. The molecule has 1 heterocycles. The number of hydrogen-bond acceptors (Lipinski definition) is 5. The lowest BCUT2D eigenvalue weighted by molar-refractivity contribution is 1.14. The molecule has 5 heteroatoms. The fourth-order valence-corrected chi connectivity index (χ4v) is 1.92. The summed E-state index contributed by atoms with van der Waals surface area (Å²) in [5.41, 5.74) is 3.56. The minimum atomic E-state index is 0.534. The highest BCUT2D eigenvalue weighted by Crippen LogP contribution is 2.18. The maximum atomic E-state index is 4.43. The Kier molecular flexibility index (Phi) is 4.90. The third-order valence-corrected chi connectivity index (χ3v) is 2.83. The van der Waals surface area contributed by atoms with Gasteiger partial charge in [-0.15, -0.1) is 12.6 Å². The van der Waals surface area contributed by atoms with Gasteiger partial charge < -0.3 is 5.32 Å². The van der Waals surface area contributed by atoms with E-state index in [2.05, 4.69) is 32.9 Å². The van der Waals surface area contributed by atoms with Gasteiger partial charge in [-0.3, -0.25) is 4.99 Å². The van der Waals surface area contributed by atoms with Crippen molar-refractivity contribution in [3.63, 3.8) is 0 Å². The van der Waals surface area contributed by atoms with Crippen molar-refractivity contribution in [2.45, 2.75) is 13.8 Å². The molecule has 1 aromatic heterocycles. The van der Waals surface area contributed by atoms with E-state index in [1.807, 2.05) is 38.1 Å². The molecule has 0 saturated carbocycles. The zero-order valence-electron chi connectivity index (χ0n) is 11.4. The first kappa shape index (κ1) is 14.3. The van der Waals surface area contributed by atoms with Crippen LogP contribution in [0.3, 0.4) is 0 Å². The van der Waals surface area contributed by atoms with Crippen LogP contribution < -0.4 is 5.32 Å². The Balaban J connectivity index is 2.26. The van der Waals surface area contributed by atoms with Gasteiger partial charge in [-0.05, 0) is 43.0 Å². The summed E-state index contributed by atoms with van der Waals surface area (Å²) in [5.74, 6) is 0.534. The Bertz CT molecular complexity index is 650. The minimum Gasteiger partial charge on any atom is -0.324 e. The molecule has 0 aliphatic carbocycles. The SMILES string of the molecule is CC=N/C(=C\S)c1ccnc(Nc2cccc(C)c2)n1. The van der Waals surface area contributed by atoms with Crippen LogP contribution in [0.15, 0.2) is 46.9 Å². The van der Waals surface area contributed by atoms with Crippen molar-refractivity contribution < 1.29 is 0 Å². The third-order valence-electron chi connectivity index (χ3n) is 2.58. The number of thiol groups is 1. The zero-order valence-corrected chi connectivity index (χ0v) is 12.3. The fourth-order valence-electron chi connectivity index (χ4n) is 1.72. The molecule has 0 amide bonds. The van der Waals surface area contributed by atoms with E-state index in [0.29, 0.717) is 11.6 Å². The molecule has 20 heavy (non-hydrogen) atoms. The molecule has 102 valence electrons. The quantitative estimate of drug-likeness (QED) is 0.662. The van der Waals surface area contributed by atoms with E-state index >= 15 is 0 Å². The van der Waals surface area contributed by atoms with Gasteiger partial charge in [0.25, 0.3) is 0 Å². The number of hydrogen-bond donors (Lipinski definition) is 2. The lowest BCUT2D eigenvalue weighted by atomic mass is 10.2. The van der Waals surface area contributed by atoms with Gasteiger partial charge in [0.05, 0.1) is 11.4 Å². The summed E-state index contributed by atoms with van der Waals surface area (Å²) in [6, 6.07) is 9.84. The summed E-state index contributed by atoms with van der Waals surface area (Å²) in [6.07, 6.45) is 3.40. The second kappa shape index (κ2) is 6.86. The molecular weight excluding hydrogens is 268 g/mol. The summed E-state index contributed by atoms with van der Waals surface area (Å²) >= 11 is 4.15. The molecule has 4 nitrogen and oxygen atoms in total. The molecule has 2 aromatic rings. The molecule has 0 aliphatic rings. The van der Waals surface area contributed by atoms with Crippen LogP contribution in [0.4, 0.5) is 11.6 Å². The summed E-state index contributed by atoms with van der Waals surface area (Å²) < 4.78 is 0. The predicted octanol–water partition coefficient (Wildman–Crippen LogP) is 3.85. The van der Waals surface area contributed by atoms with Gasteiger partial charge in [0.1, 0.15) is 0 Å². The fraction of sp³-hybridized carbons (Fsp3) is 0.133. The molecule has 0 atom stereocenters. The topological polar surface area (TPSA) is 50.2 Å². The maximum Gasteiger partial charge on any atom is 0.227 e. The van der Waals surface area contributed by atoms with Gasteiger partial charge >= 0.3 is 0 Å². The average Bonchev–Trinajstić information content (AvgIpc) is 2.45.